The summed E-state index contributed by atoms with van der Waals surface area (Å²) in [5.74, 6) is -3.93. The van der Waals surface area contributed by atoms with Crippen LogP contribution in [0.25, 0.3) is 5.65 Å². The van der Waals surface area contributed by atoms with Crippen LogP contribution in [0.15, 0.2) is 42.7 Å². The largest absolute Gasteiger partial charge is 0.389 e. The summed E-state index contributed by atoms with van der Waals surface area (Å²) in [6.07, 6.45) is -1.53. The van der Waals surface area contributed by atoms with Crippen LogP contribution in [-0.4, -0.2) is 38.5 Å². The van der Waals surface area contributed by atoms with E-state index >= 15 is 0 Å². The summed E-state index contributed by atoms with van der Waals surface area (Å²) in [5, 5.41) is 10.2. The first-order chi connectivity index (χ1) is 19.4. The molecule has 12 heteroatoms. The third-order valence-electron chi connectivity index (χ3n) is 7.88. The lowest BCUT2D eigenvalue weighted by Crippen LogP contribution is -2.37. The average molecular weight is 578 g/mol. The van der Waals surface area contributed by atoms with Crippen molar-refractivity contribution >= 4 is 17.5 Å². The molecular weight excluding hydrogens is 545 g/mol. The Bertz CT molecular complexity index is 1410. The van der Waals surface area contributed by atoms with Crippen molar-refractivity contribution < 1.29 is 31.5 Å². The molecule has 0 bridgehead atoms. The molecule has 0 spiro atoms. The normalized spacial score (nSPS) is 19.1. The van der Waals surface area contributed by atoms with Crippen LogP contribution < -0.4 is 10.6 Å². The zero-order valence-corrected chi connectivity index (χ0v) is 22.6. The number of halogens is 5. The number of aromatic nitrogens is 3. The molecule has 5 rings (SSSR count). The SMILES string of the molecule is Cc1cccc(C(=O)N[C@H](c2cn3ncc(C(NC(=O)CCC(F)(F)F)C4CC4)cc3n2)C2CCC(F)(F)CC2)c1. The Kier molecular flexibility index (Phi) is 8.02. The second kappa shape index (κ2) is 11.4. The number of nitrogens with zero attached hydrogens (tertiary/aromatic N) is 3. The Labute approximate surface area is 233 Å². The van der Waals surface area contributed by atoms with E-state index in [2.05, 4.69) is 15.7 Å². The van der Waals surface area contributed by atoms with E-state index < -0.39 is 42.9 Å². The zero-order valence-electron chi connectivity index (χ0n) is 22.6. The number of benzene rings is 1. The summed E-state index contributed by atoms with van der Waals surface area (Å²) in [6, 6.07) is 7.67. The van der Waals surface area contributed by atoms with Crippen LogP contribution in [0.4, 0.5) is 22.0 Å². The molecule has 1 aromatic carbocycles. The summed E-state index contributed by atoms with van der Waals surface area (Å²) in [4.78, 5) is 30.2. The molecule has 220 valence electrons. The molecule has 3 aromatic rings. The molecule has 2 fully saturated rings. The maximum atomic E-state index is 14.0. The molecule has 2 aromatic heterocycles. The Morgan fingerprint density at radius 2 is 1.76 bits per heavy atom. The number of hydrogen-bond acceptors (Lipinski definition) is 4. The van der Waals surface area contributed by atoms with Gasteiger partial charge in [-0.2, -0.15) is 18.3 Å². The van der Waals surface area contributed by atoms with Gasteiger partial charge in [-0.25, -0.2) is 18.3 Å². The molecular formula is C29H32F5N5O2. The number of rotatable bonds is 9. The highest BCUT2D eigenvalue weighted by atomic mass is 19.4. The van der Waals surface area contributed by atoms with Crippen molar-refractivity contribution in [3.8, 4) is 0 Å². The van der Waals surface area contributed by atoms with Gasteiger partial charge in [-0.1, -0.05) is 17.7 Å². The predicted molar refractivity (Wildman–Crippen MR) is 140 cm³/mol. The number of alkyl halides is 5. The number of carbonyl (C=O) groups excluding carboxylic acids is 2. The molecule has 2 saturated carbocycles. The van der Waals surface area contributed by atoms with Gasteiger partial charge in [0, 0.05) is 24.8 Å². The van der Waals surface area contributed by atoms with Gasteiger partial charge in [-0.3, -0.25) is 9.59 Å². The standard InChI is InChI=1S/C29H32F5N5O2/c1-17-3-2-4-20(13-17)27(41)38-26(19-7-10-28(30,31)11-8-19)22-16-39-23(36-22)14-21(15-35-39)25(18-5-6-18)37-24(40)9-12-29(32,33)34/h2-4,13-16,18-19,25-26H,5-12H2,1H3,(H,37,40)(H,38,41)/t25?,26-/m0/s1. The lowest BCUT2D eigenvalue weighted by atomic mass is 9.81. The van der Waals surface area contributed by atoms with Crippen LogP contribution in [0.3, 0.4) is 0 Å². The van der Waals surface area contributed by atoms with Gasteiger partial charge in [0.05, 0.1) is 36.6 Å². The van der Waals surface area contributed by atoms with E-state index in [1.54, 1.807) is 36.7 Å². The van der Waals surface area contributed by atoms with Crippen molar-refractivity contribution in [3.63, 3.8) is 0 Å². The van der Waals surface area contributed by atoms with Crippen LogP contribution in [0.2, 0.25) is 0 Å². The molecule has 2 aliphatic carbocycles. The Morgan fingerprint density at radius 1 is 1.05 bits per heavy atom. The number of aryl methyl sites for hydroxylation is 1. The highest BCUT2D eigenvalue weighted by Crippen LogP contribution is 2.43. The molecule has 2 N–H and O–H groups in total. The zero-order chi connectivity index (χ0) is 29.4. The van der Waals surface area contributed by atoms with E-state index in [-0.39, 0.29) is 43.4 Å². The van der Waals surface area contributed by atoms with Crippen molar-refractivity contribution in [2.75, 3.05) is 0 Å². The molecule has 2 heterocycles. The molecule has 7 nitrogen and oxygen atoms in total. The van der Waals surface area contributed by atoms with Crippen LogP contribution in [0.5, 0.6) is 0 Å². The summed E-state index contributed by atoms with van der Waals surface area (Å²) in [5.41, 5.74) is 2.88. The summed E-state index contributed by atoms with van der Waals surface area (Å²) in [7, 11) is 0. The topological polar surface area (TPSA) is 88.4 Å². The van der Waals surface area contributed by atoms with Crippen LogP contribution >= 0.6 is 0 Å². The van der Waals surface area contributed by atoms with Gasteiger partial charge in [-0.05, 0) is 68.2 Å². The maximum absolute atomic E-state index is 14.0. The monoisotopic (exact) mass is 577 g/mol. The molecule has 2 aliphatic rings. The van der Waals surface area contributed by atoms with Crippen LogP contribution in [-0.2, 0) is 4.79 Å². The first-order valence-electron chi connectivity index (χ1n) is 13.8. The molecule has 0 saturated heterocycles. The molecule has 0 radical (unpaired) electrons. The van der Waals surface area contributed by atoms with E-state index in [4.69, 9.17) is 4.98 Å². The highest BCUT2D eigenvalue weighted by molar-refractivity contribution is 5.94. The first kappa shape index (κ1) is 28.9. The van der Waals surface area contributed by atoms with Crippen LogP contribution in [0.1, 0.15) is 90.6 Å². The van der Waals surface area contributed by atoms with E-state index in [1.807, 2.05) is 13.0 Å². The fraction of sp³-hybridized carbons (Fsp3) is 0.517. The number of amides is 2. The fourth-order valence-electron chi connectivity index (χ4n) is 5.47. The van der Waals surface area contributed by atoms with Gasteiger partial charge in [0.15, 0.2) is 5.65 Å². The molecule has 1 unspecified atom stereocenters. The second-order valence-corrected chi connectivity index (χ2v) is 11.3. The van der Waals surface area contributed by atoms with Crippen molar-refractivity contribution in [2.24, 2.45) is 11.8 Å². The first-order valence-corrected chi connectivity index (χ1v) is 13.8. The highest BCUT2D eigenvalue weighted by Gasteiger charge is 2.40. The molecule has 41 heavy (non-hydrogen) atoms. The van der Waals surface area contributed by atoms with Gasteiger partial charge < -0.3 is 10.6 Å². The summed E-state index contributed by atoms with van der Waals surface area (Å²) < 4.78 is 67.2. The summed E-state index contributed by atoms with van der Waals surface area (Å²) in [6.45, 7) is 1.87. The van der Waals surface area contributed by atoms with E-state index in [0.717, 1.165) is 18.4 Å². The second-order valence-electron chi connectivity index (χ2n) is 11.3. The number of carbonyl (C=O) groups is 2. The quantitative estimate of drug-likeness (QED) is 0.295. The average Bonchev–Trinajstić information content (AvgIpc) is 3.66. The Hall–Kier alpha value is -3.57. The molecule has 0 aliphatic heterocycles. The fourth-order valence-corrected chi connectivity index (χ4v) is 5.47. The number of imidazole rings is 1. The minimum absolute atomic E-state index is 0.0915. The van der Waals surface area contributed by atoms with E-state index in [0.29, 0.717) is 22.5 Å². The third-order valence-corrected chi connectivity index (χ3v) is 7.88. The van der Waals surface area contributed by atoms with Crippen molar-refractivity contribution in [2.45, 2.75) is 82.5 Å². The predicted octanol–water partition coefficient (Wildman–Crippen LogP) is 6.24. The Morgan fingerprint density at radius 3 is 2.41 bits per heavy atom. The van der Waals surface area contributed by atoms with Gasteiger partial charge >= 0.3 is 6.18 Å². The van der Waals surface area contributed by atoms with Gasteiger partial charge in [-0.15, -0.1) is 0 Å². The maximum Gasteiger partial charge on any atom is 0.389 e. The van der Waals surface area contributed by atoms with Crippen LogP contribution in [0, 0.1) is 18.8 Å². The van der Waals surface area contributed by atoms with Gasteiger partial charge in [0.25, 0.3) is 5.91 Å². The smallest absolute Gasteiger partial charge is 0.349 e. The molecule has 2 atom stereocenters. The number of fused-ring (bicyclic) bond motifs is 1. The van der Waals surface area contributed by atoms with Crippen molar-refractivity contribution in [1.29, 1.82) is 0 Å². The Balaban J connectivity index is 1.39. The van der Waals surface area contributed by atoms with Crippen molar-refractivity contribution in [1.82, 2.24) is 25.2 Å². The van der Waals surface area contributed by atoms with Gasteiger partial charge in [0.2, 0.25) is 11.8 Å². The van der Waals surface area contributed by atoms with Crippen molar-refractivity contribution in [3.05, 3.63) is 65.1 Å². The lowest BCUT2D eigenvalue weighted by molar-refractivity contribution is -0.144. The summed E-state index contributed by atoms with van der Waals surface area (Å²) >= 11 is 0. The van der Waals surface area contributed by atoms with E-state index in [9.17, 15) is 31.5 Å². The van der Waals surface area contributed by atoms with Gasteiger partial charge in [0.1, 0.15) is 0 Å². The molecule has 2 amide bonds. The minimum Gasteiger partial charge on any atom is -0.349 e. The number of nitrogens with one attached hydrogen (secondary N) is 2. The minimum atomic E-state index is -4.42. The lowest BCUT2D eigenvalue weighted by Gasteiger charge is -2.33. The third kappa shape index (κ3) is 7.39. The van der Waals surface area contributed by atoms with E-state index in [1.165, 1.54) is 4.52 Å². The number of hydrogen-bond donors (Lipinski definition) is 2.